The molecule has 0 radical (unpaired) electrons. The Labute approximate surface area is 212 Å². The van der Waals surface area contributed by atoms with Crippen LogP contribution in [0.3, 0.4) is 0 Å². The summed E-state index contributed by atoms with van der Waals surface area (Å²) in [7, 11) is -1.27. The molecular formula is C26H30FN5OS2. The molecular weight excluding hydrogens is 481 g/mol. The molecule has 6 nitrogen and oxygen atoms in total. The van der Waals surface area contributed by atoms with Crippen LogP contribution in [0.2, 0.25) is 0 Å². The maximum absolute atomic E-state index is 13.4. The Morgan fingerprint density at radius 3 is 2.63 bits per heavy atom. The van der Waals surface area contributed by atoms with Gasteiger partial charge in [0.05, 0.1) is 22.4 Å². The predicted molar refractivity (Wildman–Crippen MR) is 140 cm³/mol. The molecule has 0 spiro atoms. The van der Waals surface area contributed by atoms with Crippen LogP contribution in [0.5, 0.6) is 0 Å². The number of piperazine rings is 1. The highest BCUT2D eigenvalue weighted by atomic mass is 32.2. The lowest BCUT2D eigenvalue weighted by atomic mass is 9.96. The van der Waals surface area contributed by atoms with Crippen molar-refractivity contribution in [2.45, 2.75) is 38.8 Å². The van der Waals surface area contributed by atoms with E-state index in [4.69, 9.17) is 0 Å². The number of hydrogen-bond acceptors (Lipinski definition) is 5. The summed E-state index contributed by atoms with van der Waals surface area (Å²) >= 11 is 1.54. The van der Waals surface area contributed by atoms with Gasteiger partial charge in [-0.25, -0.2) is 22.6 Å². The van der Waals surface area contributed by atoms with Crippen LogP contribution in [-0.2, 0) is 11.0 Å². The lowest BCUT2D eigenvalue weighted by molar-refractivity contribution is 0.107. The van der Waals surface area contributed by atoms with E-state index in [0.29, 0.717) is 17.5 Å². The third-order valence-electron chi connectivity index (χ3n) is 6.45. The number of fused-ring (bicyclic) bond motifs is 1. The molecule has 1 aliphatic heterocycles. The number of thiazole rings is 1. The second-order valence-electron chi connectivity index (χ2n) is 9.55. The normalized spacial score (nSPS) is 18.5. The second-order valence-corrected chi connectivity index (χ2v) is 12.0. The smallest absolute Gasteiger partial charge is 0.154 e. The van der Waals surface area contributed by atoms with E-state index < -0.39 is 11.0 Å². The highest BCUT2D eigenvalue weighted by Crippen LogP contribution is 2.33. The van der Waals surface area contributed by atoms with E-state index in [-0.39, 0.29) is 11.9 Å². The number of halogens is 1. The van der Waals surface area contributed by atoms with E-state index in [1.54, 1.807) is 12.1 Å². The lowest BCUT2D eigenvalue weighted by Gasteiger charge is -2.42. The minimum atomic E-state index is -1.27. The largest absolute Gasteiger partial charge is 0.293 e. The van der Waals surface area contributed by atoms with Crippen LogP contribution in [0.25, 0.3) is 16.6 Å². The minimum Gasteiger partial charge on any atom is -0.293 e. The SMILES string of the molecule is Cc1nc(S(=O)N2CCN(CC(C)C)[C@@H](c3cc4cnn(-c5ccc(F)cc5)c4cc3C)C2)cs1. The molecule has 0 N–H and O–H groups in total. The molecule has 0 amide bonds. The molecule has 1 unspecified atom stereocenters. The molecule has 2 aromatic heterocycles. The van der Waals surface area contributed by atoms with E-state index in [1.807, 2.05) is 23.2 Å². The minimum absolute atomic E-state index is 0.119. The Balaban J connectivity index is 1.50. The summed E-state index contributed by atoms with van der Waals surface area (Å²) < 4.78 is 30.7. The van der Waals surface area contributed by atoms with Crippen molar-refractivity contribution >= 4 is 33.2 Å². The zero-order valence-electron chi connectivity index (χ0n) is 20.4. The van der Waals surface area contributed by atoms with Gasteiger partial charge in [0.15, 0.2) is 5.03 Å². The summed E-state index contributed by atoms with van der Waals surface area (Å²) in [6.07, 6.45) is 1.87. The molecule has 0 bridgehead atoms. The summed E-state index contributed by atoms with van der Waals surface area (Å²) in [5, 5.41) is 9.11. The number of aryl methyl sites for hydroxylation is 2. The summed E-state index contributed by atoms with van der Waals surface area (Å²) in [6.45, 7) is 11.8. The molecule has 4 aromatic rings. The van der Waals surface area contributed by atoms with Crippen LogP contribution >= 0.6 is 11.3 Å². The molecule has 2 atom stereocenters. The number of nitrogens with zero attached hydrogens (tertiary/aromatic N) is 5. The van der Waals surface area contributed by atoms with E-state index in [0.717, 1.165) is 46.8 Å². The molecule has 184 valence electrons. The van der Waals surface area contributed by atoms with Crippen molar-refractivity contribution in [3.63, 3.8) is 0 Å². The van der Waals surface area contributed by atoms with Crippen molar-refractivity contribution in [2.24, 2.45) is 5.92 Å². The van der Waals surface area contributed by atoms with Crippen molar-refractivity contribution in [3.8, 4) is 5.69 Å². The van der Waals surface area contributed by atoms with E-state index in [1.165, 1.54) is 29.0 Å². The van der Waals surface area contributed by atoms with Gasteiger partial charge in [0.2, 0.25) is 0 Å². The number of rotatable bonds is 6. The van der Waals surface area contributed by atoms with Crippen LogP contribution in [0.15, 0.2) is 53.0 Å². The first kappa shape index (κ1) is 24.2. The third-order valence-corrected chi connectivity index (χ3v) is 8.74. The second kappa shape index (κ2) is 9.89. The zero-order chi connectivity index (χ0) is 24.7. The molecule has 0 aliphatic carbocycles. The first-order valence-corrected chi connectivity index (χ1v) is 13.9. The van der Waals surface area contributed by atoms with Gasteiger partial charge in [-0.2, -0.15) is 5.10 Å². The van der Waals surface area contributed by atoms with Gasteiger partial charge in [0.1, 0.15) is 16.8 Å². The fraction of sp³-hybridized carbons (Fsp3) is 0.385. The molecule has 1 fully saturated rings. The highest BCUT2D eigenvalue weighted by molar-refractivity contribution is 7.82. The Hall–Kier alpha value is -2.46. The van der Waals surface area contributed by atoms with Crippen molar-refractivity contribution in [2.75, 3.05) is 26.2 Å². The Kier molecular flexibility index (Phi) is 6.85. The summed E-state index contributed by atoms with van der Waals surface area (Å²) in [5.41, 5.74) is 4.21. The number of aromatic nitrogens is 3. The molecule has 0 saturated carbocycles. The van der Waals surface area contributed by atoms with E-state index in [2.05, 4.69) is 52.2 Å². The van der Waals surface area contributed by atoms with Crippen molar-refractivity contribution in [3.05, 3.63) is 69.9 Å². The molecule has 1 saturated heterocycles. The zero-order valence-corrected chi connectivity index (χ0v) is 22.1. The lowest BCUT2D eigenvalue weighted by Crippen LogP contribution is -2.50. The van der Waals surface area contributed by atoms with Gasteiger partial charge in [-0.15, -0.1) is 11.3 Å². The quantitative estimate of drug-likeness (QED) is 0.354. The first-order valence-electron chi connectivity index (χ1n) is 11.9. The maximum atomic E-state index is 13.4. The summed E-state index contributed by atoms with van der Waals surface area (Å²) in [4.78, 5) is 6.99. The van der Waals surface area contributed by atoms with Crippen molar-refractivity contribution in [1.29, 1.82) is 0 Å². The molecule has 9 heteroatoms. The topological polar surface area (TPSA) is 54.3 Å². The fourth-order valence-corrected chi connectivity index (χ4v) is 6.84. The first-order chi connectivity index (χ1) is 16.8. The van der Waals surface area contributed by atoms with Gasteiger partial charge >= 0.3 is 0 Å². The Morgan fingerprint density at radius 2 is 1.94 bits per heavy atom. The van der Waals surface area contributed by atoms with Gasteiger partial charge in [-0.1, -0.05) is 13.8 Å². The van der Waals surface area contributed by atoms with Crippen LogP contribution in [0.1, 0.15) is 36.0 Å². The van der Waals surface area contributed by atoms with E-state index >= 15 is 0 Å². The van der Waals surface area contributed by atoms with Crippen molar-refractivity contribution < 1.29 is 8.60 Å². The van der Waals surface area contributed by atoms with Crippen molar-refractivity contribution in [1.82, 2.24) is 24.0 Å². The number of benzene rings is 2. The average Bonchev–Trinajstić information content (AvgIpc) is 3.44. The van der Waals surface area contributed by atoms with E-state index in [9.17, 15) is 8.60 Å². The van der Waals surface area contributed by atoms with Crippen LogP contribution < -0.4 is 0 Å². The standard InChI is InChI=1S/C26H30FN5OS2/c1-17(2)14-30-9-10-31(35(33)26-16-34-19(4)29-26)15-25(30)23-12-20-13-28-32(24(20)11-18(23)3)22-7-5-21(27)6-8-22/h5-8,11-13,16-17,25H,9-10,14-15H2,1-4H3/t25-,35?/m1/s1. The van der Waals surface area contributed by atoms with Gasteiger partial charge in [-0.05, 0) is 67.3 Å². The number of hydrogen-bond donors (Lipinski definition) is 0. The fourth-order valence-electron chi connectivity index (χ4n) is 4.83. The highest BCUT2D eigenvalue weighted by Gasteiger charge is 2.33. The van der Waals surface area contributed by atoms with Gasteiger partial charge in [0.25, 0.3) is 0 Å². The monoisotopic (exact) mass is 511 g/mol. The Morgan fingerprint density at radius 1 is 1.17 bits per heavy atom. The van der Waals surface area contributed by atoms with Gasteiger partial charge in [0, 0.05) is 43.0 Å². The molecule has 2 aromatic carbocycles. The Bertz CT molecular complexity index is 1360. The molecule has 3 heterocycles. The van der Waals surface area contributed by atoms with Crippen LogP contribution in [-0.4, -0.2) is 54.4 Å². The molecule has 1 aliphatic rings. The summed E-state index contributed by atoms with van der Waals surface area (Å²) in [5.74, 6) is 0.266. The average molecular weight is 512 g/mol. The maximum Gasteiger partial charge on any atom is 0.154 e. The van der Waals surface area contributed by atoms with Crippen LogP contribution in [0.4, 0.5) is 4.39 Å². The molecule has 35 heavy (non-hydrogen) atoms. The van der Waals surface area contributed by atoms with Gasteiger partial charge < -0.3 is 0 Å². The van der Waals surface area contributed by atoms with Crippen LogP contribution in [0, 0.1) is 25.6 Å². The third kappa shape index (κ3) is 4.95. The predicted octanol–water partition coefficient (Wildman–Crippen LogP) is 5.28. The van der Waals surface area contributed by atoms with Gasteiger partial charge in [-0.3, -0.25) is 4.90 Å². The molecule has 5 rings (SSSR count). The summed E-state index contributed by atoms with van der Waals surface area (Å²) in [6, 6.07) is 10.9.